The molecule has 2 heterocycles. The number of rotatable bonds is 4. The first-order chi connectivity index (χ1) is 11.8. The lowest BCUT2D eigenvalue weighted by Crippen LogP contribution is -2.24. The number of benzene rings is 1. The van der Waals surface area contributed by atoms with Crippen molar-refractivity contribution < 1.29 is 22.0 Å². The fraction of sp³-hybridized carbons (Fsp3) is 0.250. The minimum atomic E-state index is -4.26. The Bertz CT molecular complexity index is 930. The van der Waals surface area contributed by atoms with Crippen molar-refractivity contribution >= 4 is 27.4 Å². The maximum atomic E-state index is 13.8. The van der Waals surface area contributed by atoms with Crippen LogP contribution in [-0.2, 0) is 14.8 Å². The van der Waals surface area contributed by atoms with Crippen LogP contribution in [0.1, 0.15) is 18.4 Å². The molecule has 1 aliphatic heterocycles. The van der Waals surface area contributed by atoms with Crippen molar-refractivity contribution in [3.05, 3.63) is 47.7 Å². The number of pyridine rings is 1. The van der Waals surface area contributed by atoms with Gasteiger partial charge in [-0.25, -0.2) is 22.2 Å². The summed E-state index contributed by atoms with van der Waals surface area (Å²) in [6, 6.07) is 4.39. The molecule has 0 bridgehead atoms. The number of carbonyl (C=O) groups is 1. The lowest BCUT2D eigenvalue weighted by molar-refractivity contribution is -0.117. The predicted octanol–water partition coefficient (Wildman–Crippen LogP) is 2.60. The molecule has 1 aromatic carbocycles. The largest absolute Gasteiger partial charge is 0.311 e. The zero-order valence-electron chi connectivity index (χ0n) is 13.3. The third-order valence-corrected chi connectivity index (χ3v) is 5.24. The number of halogens is 2. The summed E-state index contributed by atoms with van der Waals surface area (Å²) in [5.41, 5.74) is 0.576. The monoisotopic (exact) mass is 367 g/mol. The minimum absolute atomic E-state index is 0.0117. The smallest absolute Gasteiger partial charge is 0.265 e. The van der Waals surface area contributed by atoms with Gasteiger partial charge in [-0.15, -0.1) is 0 Å². The molecule has 0 unspecified atom stereocenters. The Morgan fingerprint density at radius 3 is 2.56 bits per heavy atom. The standard InChI is InChI=1S/C16H15F2N3O3S/c1-10-7-14(13(18)8-12(10)17)25(23,24)20-15-5-4-11(9-19-15)21-6-2-3-16(21)22/h4-5,7-9H,2-3,6H2,1H3,(H,19,20). The first-order valence-electron chi connectivity index (χ1n) is 7.53. The Morgan fingerprint density at radius 2 is 1.96 bits per heavy atom. The fourth-order valence-corrected chi connectivity index (χ4v) is 3.71. The Kier molecular flexibility index (Phi) is 4.42. The zero-order chi connectivity index (χ0) is 18.2. The van der Waals surface area contributed by atoms with Crippen molar-refractivity contribution in [3.63, 3.8) is 0 Å². The quantitative estimate of drug-likeness (QED) is 0.901. The summed E-state index contributed by atoms with van der Waals surface area (Å²) in [5.74, 6) is -2.06. The summed E-state index contributed by atoms with van der Waals surface area (Å²) in [6.07, 6.45) is 2.60. The molecule has 3 rings (SSSR count). The summed E-state index contributed by atoms with van der Waals surface area (Å²) >= 11 is 0. The van der Waals surface area contributed by atoms with E-state index >= 15 is 0 Å². The van der Waals surface area contributed by atoms with Gasteiger partial charge >= 0.3 is 0 Å². The number of aromatic nitrogens is 1. The lowest BCUT2D eigenvalue weighted by atomic mass is 10.2. The molecule has 1 saturated heterocycles. The van der Waals surface area contributed by atoms with Gasteiger partial charge in [-0.1, -0.05) is 0 Å². The maximum absolute atomic E-state index is 13.8. The van der Waals surface area contributed by atoms with E-state index in [-0.39, 0.29) is 17.3 Å². The Hall–Kier alpha value is -2.55. The zero-order valence-corrected chi connectivity index (χ0v) is 14.1. The normalized spacial score (nSPS) is 14.8. The van der Waals surface area contributed by atoms with E-state index in [2.05, 4.69) is 9.71 Å². The fourth-order valence-electron chi connectivity index (χ4n) is 2.56. The van der Waals surface area contributed by atoms with Gasteiger partial charge in [0.1, 0.15) is 22.3 Å². The summed E-state index contributed by atoms with van der Waals surface area (Å²) < 4.78 is 53.9. The van der Waals surface area contributed by atoms with Crippen LogP contribution in [0.25, 0.3) is 0 Å². The summed E-state index contributed by atoms with van der Waals surface area (Å²) in [7, 11) is -4.26. The number of carbonyl (C=O) groups excluding carboxylic acids is 1. The van der Waals surface area contributed by atoms with Crippen LogP contribution in [0.4, 0.5) is 20.3 Å². The van der Waals surface area contributed by atoms with Crippen LogP contribution < -0.4 is 9.62 Å². The second-order valence-corrected chi connectivity index (χ2v) is 7.34. The number of nitrogens with zero attached hydrogens (tertiary/aromatic N) is 2. The van der Waals surface area contributed by atoms with Gasteiger partial charge in [-0.3, -0.25) is 9.52 Å². The summed E-state index contributed by atoms with van der Waals surface area (Å²) in [4.78, 5) is 16.5. The molecule has 25 heavy (non-hydrogen) atoms. The van der Waals surface area contributed by atoms with Crippen molar-refractivity contribution in [2.75, 3.05) is 16.2 Å². The van der Waals surface area contributed by atoms with Gasteiger partial charge in [0.25, 0.3) is 10.0 Å². The molecule has 0 atom stereocenters. The Labute approximate surface area is 143 Å². The van der Waals surface area contributed by atoms with Crippen molar-refractivity contribution in [1.29, 1.82) is 0 Å². The molecule has 1 aromatic heterocycles. The average molecular weight is 367 g/mol. The van der Waals surface area contributed by atoms with Gasteiger partial charge in [0, 0.05) is 19.0 Å². The van der Waals surface area contributed by atoms with E-state index in [9.17, 15) is 22.0 Å². The molecule has 0 aliphatic carbocycles. The number of hydrogen-bond acceptors (Lipinski definition) is 4. The third-order valence-electron chi connectivity index (χ3n) is 3.87. The number of sulfonamides is 1. The van der Waals surface area contributed by atoms with E-state index in [4.69, 9.17) is 0 Å². The predicted molar refractivity (Wildman–Crippen MR) is 87.7 cm³/mol. The van der Waals surface area contributed by atoms with Crippen molar-refractivity contribution in [2.45, 2.75) is 24.7 Å². The highest BCUT2D eigenvalue weighted by atomic mass is 32.2. The molecular formula is C16H15F2N3O3S. The van der Waals surface area contributed by atoms with Crippen LogP contribution in [0.2, 0.25) is 0 Å². The van der Waals surface area contributed by atoms with Crippen LogP contribution >= 0.6 is 0 Å². The number of amides is 1. The molecule has 132 valence electrons. The van der Waals surface area contributed by atoms with Crippen molar-refractivity contribution in [3.8, 4) is 0 Å². The maximum Gasteiger partial charge on any atom is 0.265 e. The molecule has 0 radical (unpaired) electrons. The van der Waals surface area contributed by atoms with Gasteiger partial charge < -0.3 is 4.90 Å². The van der Waals surface area contributed by atoms with Crippen molar-refractivity contribution in [1.82, 2.24) is 4.98 Å². The van der Waals surface area contributed by atoms with Crippen LogP contribution in [-0.4, -0.2) is 25.9 Å². The van der Waals surface area contributed by atoms with Gasteiger partial charge in [0.15, 0.2) is 0 Å². The average Bonchev–Trinajstić information content (AvgIpc) is 2.97. The molecule has 1 amide bonds. The van der Waals surface area contributed by atoms with E-state index in [1.54, 1.807) is 11.0 Å². The number of hydrogen-bond donors (Lipinski definition) is 1. The van der Waals surface area contributed by atoms with E-state index in [0.29, 0.717) is 24.7 Å². The Balaban J connectivity index is 1.84. The number of aryl methyl sites for hydroxylation is 1. The molecule has 1 fully saturated rings. The molecule has 6 nitrogen and oxygen atoms in total. The molecule has 0 saturated carbocycles. The number of anilines is 2. The molecule has 0 spiro atoms. The van der Waals surface area contributed by atoms with Crippen LogP contribution in [0.15, 0.2) is 35.4 Å². The molecule has 1 N–H and O–H groups in total. The Morgan fingerprint density at radius 1 is 1.20 bits per heavy atom. The molecular weight excluding hydrogens is 352 g/mol. The van der Waals surface area contributed by atoms with Gasteiger partial charge in [0.05, 0.1) is 11.9 Å². The van der Waals surface area contributed by atoms with E-state index in [1.807, 2.05) is 0 Å². The van der Waals surface area contributed by atoms with Crippen LogP contribution in [0.3, 0.4) is 0 Å². The minimum Gasteiger partial charge on any atom is -0.311 e. The van der Waals surface area contributed by atoms with Gasteiger partial charge in [-0.2, -0.15) is 0 Å². The van der Waals surface area contributed by atoms with Crippen LogP contribution in [0, 0.1) is 18.6 Å². The number of nitrogens with one attached hydrogen (secondary N) is 1. The van der Waals surface area contributed by atoms with Gasteiger partial charge in [0.2, 0.25) is 5.91 Å². The second-order valence-electron chi connectivity index (χ2n) is 5.69. The van der Waals surface area contributed by atoms with E-state index in [1.165, 1.54) is 19.2 Å². The third kappa shape index (κ3) is 3.46. The van der Waals surface area contributed by atoms with E-state index in [0.717, 1.165) is 12.5 Å². The highest BCUT2D eigenvalue weighted by Gasteiger charge is 2.23. The van der Waals surface area contributed by atoms with Gasteiger partial charge in [-0.05, 0) is 37.1 Å². The highest BCUT2D eigenvalue weighted by Crippen LogP contribution is 2.24. The first kappa shape index (κ1) is 17.3. The van der Waals surface area contributed by atoms with Crippen molar-refractivity contribution in [2.24, 2.45) is 0 Å². The molecule has 1 aliphatic rings. The summed E-state index contributed by atoms with van der Waals surface area (Å²) in [6.45, 7) is 1.93. The second kappa shape index (κ2) is 6.40. The van der Waals surface area contributed by atoms with E-state index < -0.39 is 26.6 Å². The SMILES string of the molecule is Cc1cc(S(=O)(=O)Nc2ccc(N3CCCC3=O)cn2)c(F)cc1F. The molecule has 2 aromatic rings. The lowest BCUT2D eigenvalue weighted by Gasteiger charge is -2.15. The van der Waals surface area contributed by atoms with Crippen LogP contribution in [0.5, 0.6) is 0 Å². The highest BCUT2D eigenvalue weighted by molar-refractivity contribution is 7.92. The topological polar surface area (TPSA) is 79.4 Å². The first-order valence-corrected chi connectivity index (χ1v) is 9.01. The summed E-state index contributed by atoms with van der Waals surface area (Å²) in [5, 5.41) is 0. The molecule has 9 heteroatoms.